The van der Waals surface area contributed by atoms with Gasteiger partial charge in [0, 0.05) is 5.69 Å². The second-order valence-corrected chi connectivity index (χ2v) is 19.6. The van der Waals surface area contributed by atoms with E-state index >= 15 is 0 Å². The van der Waals surface area contributed by atoms with Gasteiger partial charge in [-0.25, -0.2) is 22.8 Å². The first-order valence-electron chi connectivity index (χ1n) is 11.5. The van der Waals surface area contributed by atoms with Crippen LogP contribution in [0.1, 0.15) is 82.1 Å². The molecule has 190 valence electrons. The fraction of sp³-hybridized carbons (Fsp3) is 0.583. The van der Waals surface area contributed by atoms with E-state index in [1.165, 1.54) is 23.5 Å². The Labute approximate surface area is 209 Å². The van der Waals surface area contributed by atoms with Crippen LogP contribution in [0.4, 0.5) is 14.9 Å². The van der Waals surface area contributed by atoms with E-state index in [1.807, 2.05) is 34.6 Å². The average molecular weight is 527 g/mol. The Bertz CT molecular complexity index is 1160. The Kier molecular flexibility index (Phi) is 8.55. The van der Waals surface area contributed by atoms with Gasteiger partial charge in [-0.05, 0) is 54.0 Å². The zero-order chi connectivity index (χ0) is 26.2. The number of halogens is 1. The lowest BCUT2D eigenvalue weighted by Gasteiger charge is -2.37. The number of anilines is 1. The van der Waals surface area contributed by atoms with Crippen LogP contribution in [-0.4, -0.2) is 23.5 Å². The molecule has 0 aliphatic rings. The van der Waals surface area contributed by atoms with Gasteiger partial charge in [0.2, 0.25) is 0 Å². The van der Waals surface area contributed by atoms with Gasteiger partial charge in [-0.15, -0.1) is 15.7 Å². The molecule has 0 radical (unpaired) electrons. The lowest BCUT2D eigenvalue weighted by Crippen LogP contribution is -2.54. The molecule has 0 bridgehead atoms. The van der Waals surface area contributed by atoms with E-state index in [1.54, 1.807) is 6.92 Å². The second-order valence-electron chi connectivity index (χ2n) is 10.9. The molecule has 1 aromatic carbocycles. The summed E-state index contributed by atoms with van der Waals surface area (Å²) >= 11 is 1.29. The van der Waals surface area contributed by atoms with Gasteiger partial charge in [0.25, 0.3) is 0 Å². The monoisotopic (exact) mass is 526 g/mol. The number of nitrogens with one attached hydrogen (secondary N) is 2. The molecule has 1 unspecified atom stereocenters. The smallest absolute Gasteiger partial charge is 0.305 e. The van der Waals surface area contributed by atoms with Crippen molar-refractivity contribution in [3.8, 4) is 0 Å². The van der Waals surface area contributed by atoms with Gasteiger partial charge < -0.3 is 5.32 Å². The summed E-state index contributed by atoms with van der Waals surface area (Å²) in [6, 6.07) is 2.15. The highest BCUT2D eigenvalue weighted by Gasteiger charge is 2.40. The molecule has 1 atom stereocenters. The lowest BCUT2D eigenvalue weighted by atomic mass is 9.92. The summed E-state index contributed by atoms with van der Waals surface area (Å²) in [6.45, 7) is 21.8. The molecule has 1 aromatic heterocycles. The summed E-state index contributed by atoms with van der Waals surface area (Å²) in [6.07, 6.45) is 0. The summed E-state index contributed by atoms with van der Waals surface area (Å²) in [5.41, 5.74) is 2.50. The molecule has 6 nitrogen and oxygen atoms in total. The Morgan fingerprint density at radius 3 is 2.00 bits per heavy atom. The molecule has 2 aromatic rings. The first kappa shape index (κ1) is 28.6. The zero-order valence-electron chi connectivity index (χ0n) is 22.2. The number of carbonyl (C=O) groups is 1. The Balaban J connectivity index is 2.68. The van der Waals surface area contributed by atoms with Gasteiger partial charge in [0.15, 0.2) is 9.92 Å². The molecule has 10 heteroatoms. The van der Waals surface area contributed by atoms with Crippen LogP contribution in [0.2, 0.25) is 18.1 Å². The maximum absolute atomic E-state index is 14.4. The van der Waals surface area contributed by atoms with Crippen LogP contribution in [0.15, 0.2) is 20.7 Å². The van der Waals surface area contributed by atoms with E-state index in [0.29, 0.717) is 26.7 Å². The van der Waals surface area contributed by atoms with Crippen molar-refractivity contribution in [1.29, 1.82) is 0 Å². The normalized spacial score (nSPS) is 14.4. The van der Waals surface area contributed by atoms with E-state index < -0.39 is 24.2 Å². The number of hydrogen-bond acceptors (Lipinski definition) is 4. The number of amides is 2. The topological polar surface area (TPSA) is 83.5 Å². The Morgan fingerprint density at radius 2 is 1.62 bits per heavy atom. The van der Waals surface area contributed by atoms with E-state index in [4.69, 9.17) is 0 Å². The number of aryl methyl sites for hydroxylation is 2. The third kappa shape index (κ3) is 6.33. The van der Waals surface area contributed by atoms with Crippen molar-refractivity contribution in [1.82, 2.24) is 9.37 Å². The molecule has 2 amide bonds. The molecule has 0 aliphatic heterocycles. The van der Waals surface area contributed by atoms with Crippen LogP contribution in [0.5, 0.6) is 0 Å². The molecule has 1 heterocycles. The molecule has 0 saturated carbocycles. The van der Waals surface area contributed by atoms with Gasteiger partial charge >= 0.3 is 6.03 Å². The van der Waals surface area contributed by atoms with E-state index in [0.717, 1.165) is 5.01 Å². The third-order valence-corrected chi connectivity index (χ3v) is 16.1. The number of hydrogen-bond donors (Lipinski definition) is 2. The summed E-state index contributed by atoms with van der Waals surface area (Å²) in [7, 11) is -5.64. The maximum Gasteiger partial charge on any atom is 0.354 e. The van der Waals surface area contributed by atoms with Crippen molar-refractivity contribution in [3.05, 3.63) is 39.8 Å². The zero-order valence-corrected chi connectivity index (χ0v) is 24.8. The number of urea groups is 1. The van der Waals surface area contributed by atoms with E-state index in [-0.39, 0.29) is 22.7 Å². The van der Waals surface area contributed by atoms with Gasteiger partial charge in [0.05, 0.1) is 10.7 Å². The van der Waals surface area contributed by atoms with E-state index in [2.05, 4.69) is 52.9 Å². The van der Waals surface area contributed by atoms with Crippen LogP contribution in [0, 0.1) is 19.7 Å². The number of rotatable bonds is 6. The number of carbonyl (C=O) groups excluding carboxylic acids is 1. The van der Waals surface area contributed by atoms with Gasteiger partial charge in [-0.2, -0.15) is 0 Å². The molecule has 0 fully saturated rings. The van der Waals surface area contributed by atoms with Crippen LogP contribution in [-0.2, 0) is 9.92 Å². The highest BCUT2D eigenvalue weighted by atomic mass is 32.2. The largest absolute Gasteiger partial charge is 0.354 e. The summed E-state index contributed by atoms with van der Waals surface area (Å²) < 4.78 is 36.7. The third-order valence-electron chi connectivity index (χ3n) is 6.23. The highest BCUT2D eigenvalue weighted by Crippen LogP contribution is 2.37. The number of thiazole rings is 1. The Hall–Kier alpha value is -1.62. The number of benzene rings is 1. The lowest BCUT2D eigenvalue weighted by molar-refractivity contribution is 0.260. The first-order chi connectivity index (χ1) is 15.4. The van der Waals surface area contributed by atoms with Crippen LogP contribution in [0.3, 0.4) is 0 Å². The standard InChI is InChI=1S/C24H39FN4O2S2Si/c1-14(2)19-12-18(25)13-20(15(3)4)21(19)27-23(30)28-33(31,22-16(5)26-17(6)32-22)29-34(10,11)24(7,8)9/h12-15H,1-11H3,(H2,27,28,29,30,31). The van der Waals surface area contributed by atoms with Gasteiger partial charge in [0.1, 0.15) is 18.3 Å². The van der Waals surface area contributed by atoms with Gasteiger partial charge in [-0.3, -0.25) is 0 Å². The van der Waals surface area contributed by atoms with Crippen molar-refractivity contribution >= 4 is 41.2 Å². The predicted molar refractivity (Wildman–Crippen MR) is 144 cm³/mol. The van der Waals surface area contributed by atoms with Crippen molar-refractivity contribution in [2.45, 2.75) is 96.5 Å². The minimum atomic E-state index is -3.31. The molecular weight excluding hydrogens is 488 g/mol. The van der Waals surface area contributed by atoms with Crippen molar-refractivity contribution in [2.24, 2.45) is 4.36 Å². The molecule has 0 saturated heterocycles. The second kappa shape index (κ2) is 10.2. The average Bonchev–Trinajstić information content (AvgIpc) is 2.99. The summed E-state index contributed by atoms with van der Waals surface area (Å²) in [4.78, 5) is 17.7. The first-order valence-corrected chi connectivity index (χ1v) is 16.9. The molecule has 2 rings (SSSR count). The highest BCUT2D eigenvalue weighted by molar-refractivity contribution is 7.95. The van der Waals surface area contributed by atoms with Crippen molar-refractivity contribution < 1.29 is 13.4 Å². The predicted octanol–water partition coefficient (Wildman–Crippen LogP) is 7.71. The molecular formula is C24H39FN4O2S2Si. The number of nitrogens with zero attached hydrogens (tertiary/aromatic N) is 2. The van der Waals surface area contributed by atoms with Crippen LogP contribution in [0.25, 0.3) is 0 Å². The molecule has 0 spiro atoms. The summed E-state index contributed by atoms with van der Waals surface area (Å²) in [5.74, 6) is -0.393. The SMILES string of the molecule is Cc1nc(C)c(S(=O)(=NC(=O)Nc2c(C(C)C)cc(F)cc2C(C)C)N[Si](C)(C)C(C)(C)C)s1. The van der Waals surface area contributed by atoms with Crippen LogP contribution < -0.4 is 9.70 Å². The van der Waals surface area contributed by atoms with E-state index in [9.17, 15) is 13.4 Å². The number of aromatic nitrogens is 1. The fourth-order valence-corrected chi connectivity index (χ4v) is 10.6. The minimum Gasteiger partial charge on any atom is -0.305 e. The Morgan fingerprint density at radius 1 is 1.12 bits per heavy atom. The fourth-order valence-electron chi connectivity index (χ4n) is 3.33. The summed E-state index contributed by atoms with van der Waals surface area (Å²) in [5, 5.41) is 3.48. The minimum absolute atomic E-state index is 0.0235. The molecule has 2 N–H and O–H groups in total. The van der Waals surface area contributed by atoms with Crippen molar-refractivity contribution in [3.63, 3.8) is 0 Å². The molecule has 0 aliphatic carbocycles. The van der Waals surface area contributed by atoms with Gasteiger partial charge in [-0.1, -0.05) is 61.6 Å². The molecule has 34 heavy (non-hydrogen) atoms. The maximum atomic E-state index is 14.4. The quantitative estimate of drug-likeness (QED) is 0.378. The van der Waals surface area contributed by atoms with Crippen LogP contribution >= 0.6 is 11.3 Å². The van der Waals surface area contributed by atoms with Crippen molar-refractivity contribution in [2.75, 3.05) is 5.32 Å².